The first-order valence-electron chi connectivity index (χ1n) is 4.52. The topological polar surface area (TPSA) is 50.2 Å². The highest BCUT2D eigenvalue weighted by Crippen LogP contribution is 2.21. The van der Waals surface area contributed by atoms with E-state index in [2.05, 4.69) is 4.98 Å². The van der Waals surface area contributed by atoms with Gasteiger partial charge < -0.3 is 5.11 Å². The molecule has 1 aromatic carbocycles. The number of rotatable bonds is 2. The molecule has 0 aliphatic carbocycles. The number of carboxylic acid groups (broad SMARTS) is 1. The Morgan fingerprint density at radius 1 is 1.13 bits per heavy atom. The van der Waals surface area contributed by atoms with Crippen molar-refractivity contribution in [1.82, 2.24) is 4.98 Å². The Balaban J connectivity index is 2.58. The predicted molar refractivity (Wildman–Crippen MR) is 56.6 cm³/mol. The minimum atomic E-state index is -0.934. The van der Waals surface area contributed by atoms with Crippen LogP contribution >= 0.6 is 0 Å². The van der Waals surface area contributed by atoms with Gasteiger partial charge in [-0.2, -0.15) is 0 Å². The summed E-state index contributed by atoms with van der Waals surface area (Å²) in [7, 11) is 0. The average molecular weight is 199 g/mol. The van der Waals surface area contributed by atoms with Gasteiger partial charge in [0.1, 0.15) is 0 Å². The Hall–Kier alpha value is -2.16. The van der Waals surface area contributed by atoms with E-state index in [9.17, 15) is 4.79 Å². The van der Waals surface area contributed by atoms with Crippen LogP contribution in [0.25, 0.3) is 11.1 Å². The van der Waals surface area contributed by atoms with Gasteiger partial charge in [-0.15, -0.1) is 0 Å². The fourth-order valence-electron chi connectivity index (χ4n) is 1.43. The van der Waals surface area contributed by atoms with Crippen molar-refractivity contribution < 1.29 is 9.90 Å². The molecule has 3 nitrogen and oxygen atoms in total. The lowest BCUT2D eigenvalue weighted by Gasteiger charge is -2.04. The molecule has 1 N–H and O–H groups in total. The molecule has 0 aliphatic heterocycles. The molecule has 1 aromatic heterocycles. The van der Waals surface area contributed by atoms with E-state index in [0.29, 0.717) is 5.56 Å². The first kappa shape index (κ1) is 9.40. The summed E-state index contributed by atoms with van der Waals surface area (Å²) in [5.41, 5.74) is 1.78. The van der Waals surface area contributed by atoms with E-state index in [0.717, 1.165) is 5.56 Å². The van der Waals surface area contributed by atoms with Crippen LogP contribution in [0.2, 0.25) is 0 Å². The molecule has 0 unspecified atom stereocenters. The van der Waals surface area contributed by atoms with Gasteiger partial charge in [0.15, 0.2) is 0 Å². The van der Waals surface area contributed by atoms with Crippen LogP contribution in [0.15, 0.2) is 48.8 Å². The van der Waals surface area contributed by atoms with Gasteiger partial charge in [0, 0.05) is 18.0 Å². The molecule has 0 bridgehead atoms. The molecule has 1 heterocycles. The molecule has 0 radical (unpaired) electrons. The number of hydrogen-bond acceptors (Lipinski definition) is 2. The normalized spacial score (nSPS) is 9.87. The monoisotopic (exact) mass is 199 g/mol. The molecule has 15 heavy (non-hydrogen) atoms. The Kier molecular flexibility index (Phi) is 2.46. The number of hydrogen-bond donors (Lipinski definition) is 1. The van der Waals surface area contributed by atoms with Crippen molar-refractivity contribution in [2.24, 2.45) is 0 Å². The van der Waals surface area contributed by atoms with Gasteiger partial charge in [0.2, 0.25) is 0 Å². The maximum Gasteiger partial charge on any atom is 0.336 e. The highest BCUT2D eigenvalue weighted by atomic mass is 16.4. The van der Waals surface area contributed by atoms with E-state index in [1.165, 1.54) is 12.3 Å². The van der Waals surface area contributed by atoms with Crippen molar-refractivity contribution in [2.45, 2.75) is 0 Å². The summed E-state index contributed by atoms with van der Waals surface area (Å²) >= 11 is 0. The third-order valence-electron chi connectivity index (χ3n) is 2.14. The third-order valence-corrected chi connectivity index (χ3v) is 2.14. The molecule has 3 heteroatoms. The van der Waals surface area contributed by atoms with Crippen LogP contribution in [0.4, 0.5) is 0 Å². The lowest BCUT2D eigenvalue weighted by molar-refractivity contribution is 0.0697. The second-order valence-corrected chi connectivity index (χ2v) is 3.09. The van der Waals surface area contributed by atoms with E-state index in [4.69, 9.17) is 5.11 Å². The first-order valence-corrected chi connectivity index (χ1v) is 4.52. The Morgan fingerprint density at radius 3 is 2.53 bits per heavy atom. The standard InChI is InChI=1S/C12H9NO2/c14-12(15)10-6-7-13-8-11(10)9-4-2-1-3-5-9/h1-8H,(H,14,15). The summed E-state index contributed by atoms with van der Waals surface area (Å²) in [6.45, 7) is 0. The summed E-state index contributed by atoms with van der Waals surface area (Å²) in [5, 5.41) is 9.00. The van der Waals surface area contributed by atoms with Crippen molar-refractivity contribution in [3.63, 3.8) is 0 Å². The van der Waals surface area contributed by atoms with Crippen molar-refractivity contribution in [3.05, 3.63) is 54.4 Å². The van der Waals surface area contributed by atoms with Crippen molar-refractivity contribution >= 4 is 5.97 Å². The van der Waals surface area contributed by atoms with Crippen molar-refractivity contribution in [3.8, 4) is 11.1 Å². The molecule has 2 aromatic rings. The first-order chi connectivity index (χ1) is 7.29. The van der Waals surface area contributed by atoms with Gasteiger partial charge >= 0.3 is 5.97 Å². The summed E-state index contributed by atoms with van der Waals surface area (Å²) < 4.78 is 0. The number of pyridine rings is 1. The smallest absolute Gasteiger partial charge is 0.336 e. The largest absolute Gasteiger partial charge is 0.478 e. The van der Waals surface area contributed by atoms with E-state index in [1.807, 2.05) is 30.3 Å². The SMILES string of the molecule is O=C(O)c1ccncc1-c1ccccc1. The van der Waals surface area contributed by atoms with Crippen LogP contribution in [0.5, 0.6) is 0 Å². The highest BCUT2D eigenvalue weighted by Gasteiger charge is 2.10. The number of aromatic nitrogens is 1. The second-order valence-electron chi connectivity index (χ2n) is 3.09. The van der Waals surface area contributed by atoms with Gasteiger partial charge in [0.05, 0.1) is 5.56 Å². The second kappa shape index (κ2) is 3.92. The molecule has 0 atom stereocenters. The molecular formula is C12H9NO2. The number of benzene rings is 1. The van der Waals surface area contributed by atoms with Crippen LogP contribution in [0.3, 0.4) is 0 Å². The molecule has 0 fully saturated rings. The van der Waals surface area contributed by atoms with Gasteiger partial charge in [-0.1, -0.05) is 30.3 Å². The zero-order valence-electron chi connectivity index (χ0n) is 7.92. The summed E-state index contributed by atoms with van der Waals surface area (Å²) in [6, 6.07) is 10.9. The number of carbonyl (C=O) groups is 1. The van der Waals surface area contributed by atoms with Gasteiger partial charge in [0.25, 0.3) is 0 Å². The maximum atomic E-state index is 11.0. The van der Waals surface area contributed by atoms with E-state index < -0.39 is 5.97 Å². The minimum absolute atomic E-state index is 0.274. The van der Waals surface area contributed by atoms with E-state index in [-0.39, 0.29) is 5.56 Å². The molecule has 0 saturated carbocycles. The molecular weight excluding hydrogens is 190 g/mol. The van der Waals surface area contributed by atoms with Gasteiger partial charge in [-0.05, 0) is 11.6 Å². The Bertz CT molecular complexity index is 480. The van der Waals surface area contributed by atoms with Crippen LogP contribution in [-0.2, 0) is 0 Å². The average Bonchev–Trinajstić information content (AvgIpc) is 2.30. The zero-order chi connectivity index (χ0) is 10.7. The lowest BCUT2D eigenvalue weighted by Crippen LogP contribution is -1.99. The molecule has 0 aliphatic rings. The Morgan fingerprint density at radius 2 is 1.87 bits per heavy atom. The predicted octanol–water partition coefficient (Wildman–Crippen LogP) is 2.45. The number of nitrogens with zero attached hydrogens (tertiary/aromatic N) is 1. The third kappa shape index (κ3) is 1.86. The minimum Gasteiger partial charge on any atom is -0.478 e. The van der Waals surface area contributed by atoms with Gasteiger partial charge in [-0.25, -0.2) is 4.79 Å². The number of carboxylic acids is 1. The summed E-state index contributed by atoms with van der Waals surface area (Å²) in [5.74, 6) is -0.934. The van der Waals surface area contributed by atoms with Gasteiger partial charge in [-0.3, -0.25) is 4.98 Å². The Labute approximate surface area is 87.0 Å². The zero-order valence-corrected chi connectivity index (χ0v) is 7.92. The molecule has 0 spiro atoms. The quantitative estimate of drug-likeness (QED) is 0.808. The lowest BCUT2D eigenvalue weighted by atomic mass is 10.0. The van der Waals surface area contributed by atoms with Crippen molar-refractivity contribution in [1.29, 1.82) is 0 Å². The maximum absolute atomic E-state index is 11.0. The molecule has 2 rings (SSSR count). The fourth-order valence-corrected chi connectivity index (χ4v) is 1.43. The van der Waals surface area contributed by atoms with Crippen LogP contribution < -0.4 is 0 Å². The summed E-state index contributed by atoms with van der Waals surface area (Å²) in [6.07, 6.45) is 3.05. The highest BCUT2D eigenvalue weighted by molar-refractivity contribution is 5.95. The fraction of sp³-hybridized carbons (Fsp3) is 0. The van der Waals surface area contributed by atoms with E-state index in [1.54, 1.807) is 6.20 Å². The summed E-state index contributed by atoms with van der Waals surface area (Å²) in [4.78, 5) is 14.9. The number of aromatic carboxylic acids is 1. The molecule has 74 valence electrons. The van der Waals surface area contributed by atoms with E-state index >= 15 is 0 Å². The molecule has 0 amide bonds. The molecule has 0 saturated heterocycles. The van der Waals surface area contributed by atoms with Crippen molar-refractivity contribution in [2.75, 3.05) is 0 Å². The van der Waals surface area contributed by atoms with Crippen LogP contribution in [0, 0.1) is 0 Å². The van der Waals surface area contributed by atoms with Crippen LogP contribution in [0.1, 0.15) is 10.4 Å². The van der Waals surface area contributed by atoms with Crippen LogP contribution in [-0.4, -0.2) is 16.1 Å².